The number of hydrogen-bond acceptors (Lipinski definition) is 8. The van der Waals surface area contributed by atoms with Crippen LogP contribution in [0.4, 0.5) is 10.8 Å². The van der Waals surface area contributed by atoms with E-state index in [-0.39, 0.29) is 16.1 Å². The summed E-state index contributed by atoms with van der Waals surface area (Å²) in [7, 11) is -3.38. The van der Waals surface area contributed by atoms with Crippen LogP contribution in [0.1, 0.15) is 24.2 Å². The summed E-state index contributed by atoms with van der Waals surface area (Å²) >= 11 is 1.21. The number of hydrogen-bond donors (Lipinski definition) is 0. The summed E-state index contributed by atoms with van der Waals surface area (Å²) in [4.78, 5) is 32.4. The predicted octanol–water partition coefficient (Wildman–Crippen LogP) is 3.60. The number of likely N-dealkylation sites (N-methyl/N-ethyl adjacent to an activating group) is 1. The second-order valence-corrected chi connectivity index (χ2v) is 10.2. The highest BCUT2D eigenvalue weighted by molar-refractivity contribution is 7.90. The molecule has 0 aliphatic carbocycles. The van der Waals surface area contributed by atoms with Gasteiger partial charge in [0.1, 0.15) is 0 Å². The summed E-state index contributed by atoms with van der Waals surface area (Å²) in [6.07, 6.45) is 1.14. The first-order chi connectivity index (χ1) is 15.1. The lowest BCUT2D eigenvalue weighted by atomic mass is 10.2. The maximum Gasteiger partial charge on any atom is 0.270 e. The van der Waals surface area contributed by atoms with Gasteiger partial charge in [-0.3, -0.25) is 19.8 Å². The van der Waals surface area contributed by atoms with Crippen LogP contribution in [0.5, 0.6) is 0 Å². The molecule has 0 N–H and O–H groups in total. The van der Waals surface area contributed by atoms with Crippen LogP contribution >= 0.6 is 11.3 Å². The lowest BCUT2D eigenvalue weighted by Gasteiger charge is -2.24. The van der Waals surface area contributed by atoms with E-state index in [2.05, 4.69) is 9.88 Å². The Labute approximate surface area is 190 Å². The van der Waals surface area contributed by atoms with E-state index in [1.807, 2.05) is 13.8 Å². The molecule has 3 aromatic rings. The first-order valence-corrected chi connectivity index (χ1v) is 12.7. The molecule has 0 spiro atoms. The van der Waals surface area contributed by atoms with Gasteiger partial charge in [-0.05, 0) is 37.4 Å². The number of aromatic nitrogens is 1. The van der Waals surface area contributed by atoms with E-state index in [0.717, 1.165) is 19.3 Å². The Morgan fingerprint density at radius 1 is 1.12 bits per heavy atom. The molecule has 0 radical (unpaired) electrons. The average molecular weight is 477 g/mol. The van der Waals surface area contributed by atoms with Gasteiger partial charge in [-0.15, -0.1) is 0 Å². The Bertz CT molecular complexity index is 1250. The smallest absolute Gasteiger partial charge is 0.270 e. The third-order valence-corrected chi connectivity index (χ3v) is 7.24. The number of non-ortho nitro benzene ring substituents is 1. The van der Waals surface area contributed by atoms with Crippen LogP contribution in [-0.4, -0.2) is 61.6 Å². The third-order valence-electron chi connectivity index (χ3n) is 5.09. The van der Waals surface area contributed by atoms with Gasteiger partial charge >= 0.3 is 0 Å². The second-order valence-electron chi connectivity index (χ2n) is 7.19. The summed E-state index contributed by atoms with van der Waals surface area (Å²) in [5.74, 6) is -0.400. The molecule has 9 nitrogen and oxygen atoms in total. The van der Waals surface area contributed by atoms with Crippen molar-refractivity contribution in [2.75, 3.05) is 37.3 Å². The van der Waals surface area contributed by atoms with Gasteiger partial charge in [0.15, 0.2) is 15.0 Å². The Balaban J connectivity index is 2.03. The minimum absolute atomic E-state index is 0.165. The highest BCUT2D eigenvalue weighted by Gasteiger charge is 2.24. The molecule has 1 heterocycles. The molecule has 0 unspecified atom stereocenters. The fourth-order valence-electron chi connectivity index (χ4n) is 3.21. The van der Waals surface area contributed by atoms with E-state index < -0.39 is 20.7 Å². The molecule has 170 valence electrons. The zero-order valence-electron chi connectivity index (χ0n) is 18.0. The highest BCUT2D eigenvalue weighted by atomic mass is 32.2. The SMILES string of the molecule is CCN(CC)CCN(C(=O)c1cccc([N+](=O)[O-])c1)c1nc2ccc(S(C)(=O)=O)cc2s1. The number of nitro groups is 1. The van der Waals surface area contributed by atoms with E-state index >= 15 is 0 Å². The number of nitro benzene ring substituents is 1. The van der Waals surface area contributed by atoms with Crippen LogP contribution < -0.4 is 4.90 Å². The van der Waals surface area contributed by atoms with Crippen LogP contribution in [-0.2, 0) is 9.84 Å². The lowest BCUT2D eigenvalue weighted by molar-refractivity contribution is -0.384. The fourth-order valence-corrected chi connectivity index (χ4v) is 4.96. The molecule has 3 rings (SSSR count). The van der Waals surface area contributed by atoms with Crippen LogP contribution in [0.15, 0.2) is 47.4 Å². The quantitative estimate of drug-likeness (QED) is 0.342. The zero-order chi connectivity index (χ0) is 23.5. The van der Waals surface area contributed by atoms with Gasteiger partial charge in [-0.25, -0.2) is 13.4 Å². The number of anilines is 1. The number of carbonyl (C=O) groups is 1. The molecule has 0 bridgehead atoms. The number of amides is 1. The largest absolute Gasteiger partial charge is 0.302 e. The van der Waals surface area contributed by atoms with Crippen molar-refractivity contribution in [1.82, 2.24) is 9.88 Å². The highest BCUT2D eigenvalue weighted by Crippen LogP contribution is 2.31. The first-order valence-electron chi connectivity index (χ1n) is 10.0. The van der Waals surface area contributed by atoms with Gasteiger partial charge < -0.3 is 4.90 Å². The molecule has 11 heteroatoms. The summed E-state index contributed by atoms with van der Waals surface area (Å²) < 4.78 is 24.4. The maximum absolute atomic E-state index is 13.4. The van der Waals surface area contributed by atoms with Crippen molar-refractivity contribution in [1.29, 1.82) is 0 Å². The second kappa shape index (κ2) is 9.72. The van der Waals surface area contributed by atoms with E-state index in [9.17, 15) is 23.3 Å². The Morgan fingerprint density at radius 3 is 2.47 bits per heavy atom. The first kappa shape index (κ1) is 23.8. The standard InChI is InChI=1S/C21H24N4O5S2/c1-4-23(5-2)11-12-24(20(26)15-7-6-8-16(13-15)25(27)28)21-22-18-10-9-17(32(3,29)30)14-19(18)31-21/h6-10,13-14H,4-5,11-12H2,1-3H3. The van der Waals surface area contributed by atoms with Crippen LogP contribution in [0.2, 0.25) is 0 Å². The van der Waals surface area contributed by atoms with Crippen LogP contribution in [0.3, 0.4) is 0 Å². The molecule has 0 fully saturated rings. The minimum atomic E-state index is -3.38. The number of carbonyl (C=O) groups excluding carboxylic acids is 1. The molecular weight excluding hydrogens is 452 g/mol. The number of benzene rings is 2. The lowest BCUT2D eigenvalue weighted by Crippen LogP contribution is -2.38. The molecular formula is C21H24N4O5S2. The average Bonchev–Trinajstić information content (AvgIpc) is 3.19. The Morgan fingerprint density at radius 2 is 1.84 bits per heavy atom. The molecule has 0 atom stereocenters. The molecule has 1 aromatic heterocycles. The van der Waals surface area contributed by atoms with Gasteiger partial charge in [-0.2, -0.15) is 0 Å². The van der Waals surface area contributed by atoms with E-state index in [0.29, 0.717) is 28.4 Å². The summed E-state index contributed by atoms with van der Waals surface area (Å²) in [6.45, 7) is 6.61. The van der Waals surface area contributed by atoms with Gasteiger partial charge in [0.25, 0.3) is 11.6 Å². The predicted molar refractivity (Wildman–Crippen MR) is 125 cm³/mol. The minimum Gasteiger partial charge on any atom is -0.302 e. The van der Waals surface area contributed by atoms with Gasteiger partial charge in [0.2, 0.25) is 0 Å². The van der Waals surface area contributed by atoms with E-state index in [1.54, 1.807) is 12.1 Å². The van der Waals surface area contributed by atoms with E-state index in [4.69, 9.17) is 0 Å². The van der Waals surface area contributed by atoms with Crippen molar-refractivity contribution >= 4 is 48.1 Å². The number of rotatable bonds is 9. The maximum atomic E-state index is 13.4. The van der Waals surface area contributed by atoms with Gasteiger partial charge in [0.05, 0.1) is 20.0 Å². The van der Waals surface area contributed by atoms with Crippen LogP contribution in [0.25, 0.3) is 10.2 Å². The normalized spacial score (nSPS) is 11.8. The summed E-state index contributed by atoms with van der Waals surface area (Å²) in [6, 6.07) is 10.3. The molecule has 0 saturated heterocycles. The van der Waals surface area contributed by atoms with Crippen molar-refractivity contribution in [3.05, 3.63) is 58.1 Å². The topological polar surface area (TPSA) is 114 Å². The summed E-state index contributed by atoms with van der Waals surface area (Å²) in [5.41, 5.74) is 0.605. The molecule has 2 aromatic carbocycles. The van der Waals surface area contributed by atoms with Crippen molar-refractivity contribution in [2.24, 2.45) is 0 Å². The molecule has 0 aliphatic heterocycles. The number of fused-ring (bicyclic) bond motifs is 1. The van der Waals surface area contributed by atoms with Crippen LogP contribution in [0, 0.1) is 10.1 Å². The third kappa shape index (κ3) is 5.29. The number of sulfone groups is 1. The molecule has 1 amide bonds. The van der Waals surface area contributed by atoms with Gasteiger partial charge in [0, 0.05) is 37.0 Å². The monoisotopic (exact) mass is 476 g/mol. The molecule has 0 aliphatic rings. The molecule has 0 saturated carbocycles. The van der Waals surface area contributed by atoms with Crippen molar-refractivity contribution in [3.63, 3.8) is 0 Å². The van der Waals surface area contributed by atoms with Crippen molar-refractivity contribution < 1.29 is 18.1 Å². The zero-order valence-corrected chi connectivity index (χ0v) is 19.6. The van der Waals surface area contributed by atoms with Crippen molar-refractivity contribution in [2.45, 2.75) is 18.7 Å². The summed E-state index contributed by atoms with van der Waals surface area (Å²) in [5, 5.41) is 11.6. The Hall–Kier alpha value is -2.89. The number of thiazole rings is 1. The number of nitrogens with zero attached hydrogens (tertiary/aromatic N) is 4. The molecule has 32 heavy (non-hydrogen) atoms. The van der Waals surface area contributed by atoms with E-state index in [1.165, 1.54) is 46.6 Å². The Kier molecular flexibility index (Phi) is 7.22. The fraction of sp³-hybridized carbons (Fsp3) is 0.333. The van der Waals surface area contributed by atoms with Crippen molar-refractivity contribution in [3.8, 4) is 0 Å². The van der Waals surface area contributed by atoms with Gasteiger partial charge in [-0.1, -0.05) is 31.3 Å².